The summed E-state index contributed by atoms with van der Waals surface area (Å²) in [5.41, 5.74) is 4.51. The number of aliphatic imine (C=N–C) groups is 1. The molecular weight excluding hydrogens is 264 g/mol. The van der Waals surface area contributed by atoms with E-state index in [9.17, 15) is 0 Å². The predicted molar refractivity (Wildman–Crippen MR) is 84.0 cm³/mol. The van der Waals surface area contributed by atoms with E-state index in [0.717, 1.165) is 30.7 Å². The summed E-state index contributed by atoms with van der Waals surface area (Å²) >= 11 is 1.78. The first-order valence-electron chi connectivity index (χ1n) is 8.15. The van der Waals surface area contributed by atoms with E-state index in [1.54, 1.807) is 11.3 Å². The van der Waals surface area contributed by atoms with Gasteiger partial charge in [-0.15, -0.1) is 11.3 Å². The average molecular weight is 286 g/mol. The molecule has 20 heavy (non-hydrogen) atoms. The zero-order valence-electron chi connectivity index (χ0n) is 11.9. The second-order valence-electron chi connectivity index (χ2n) is 7.69. The number of hydrogen-bond acceptors (Lipinski definition) is 3. The van der Waals surface area contributed by atoms with Gasteiger partial charge in [0.05, 0.1) is 5.69 Å². The monoisotopic (exact) mass is 286 g/mol. The fraction of sp³-hybridized carbons (Fsp3) is 0.706. The highest BCUT2D eigenvalue weighted by molar-refractivity contribution is 7.08. The van der Waals surface area contributed by atoms with Crippen LogP contribution < -0.4 is 5.32 Å². The van der Waals surface area contributed by atoms with Gasteiger partial charge in [0.15, 0.2) is 0 Å². The Balaban J connectivity index is 1.30. The van der Waals surface area contributed by atoms with Crippen LogP contribution in [-0.2, 0) is 6.42 Å². The fourth-order valence-electron chi connectivity index (χ4n) is 5.70. The second-order valence-corrected chi connectivity index (χ2v) is 8.43. The summed E-state index contributed by atoms with van der Waals surface area (Å²) in [6.45, 7) is 1.02. The van der Waals surface area contributed by atoms with Crippen molar-refractivity contribution < 1.29 is 0 Å². The first kappa shape index (κ1) is 11.9. The molecule has 4 saturated carbocycles. The average Bonchev–Trinajstić information content (AvgIpc) is 2.95. The van der Waals surface area contributed by atoms with Crippen LogP contribution in [0, 0.1) is 17.8 Å². The molecule has 0 spiro atoms. The highest BCUT2D eigenvalue weighted by atomic mass is 32.1. The molecular formula is C17H22N2S. The normalized spacial score (nSPS) is 41.0. The SMILES string of the molecule is c1scc2c1CC(CNC13CC4CC(CC(C4)C1)C3)=N2. The third-order valence-corrected chi connectivity index (χ3v) is 6.88. The Morgan fingerprint density at radius 2 is 1.80 bits per heavy atom. The van der Waals surface area contributed by atoms with E-state index < -0.39 is 0 Å². The van der Waals surface area contributed by atoms with Crippen molar-refractivity contribution in [2.45, 2.75) is 50.5 Å². The molecule has 1 aromatic rings. The molecule has 0 amide bonds. The van der Waals surface area contributed by atoms with Crippen molar-refractivity contribution in [3.8, 4) is 0 Å². The summed E-state index contributed by atoms with van der Waals surface area (Å²) in [6, 6.07) is 0. The number of fused-ring (bicyclic) bond motifs is 1. The van der Waals surface area contributed by atoms with Gasteiger partial charge in [-0.1, -0.05) is 0 Å². The third kappa shape index (κ3) is 1.82. The molecule has 1 N–H and O–H groups in total. The second kappa shape index (κ2) is 4.17. The fourth-order valence-corrected chi connectivity index (χ4v) is 6.46. The minimum Gasteiger partial charge on any atom is -0.306 e. The minimum atomic E-state index is 0.479. The molecule has 4 aliphatic carbocycles. The molecule has 5 aliphatic rings. The lowest BCUT2D eigenvalue weighted by atomic mass is 9.53. The van der Waals surface area contributed by atoms with Crippen LogP contribution in [-0.4, -0.2) is 17.8 Å². The standard InChI is InChI=1S/C17H22N2S/c1-11-2-13-3-12(1)6-17(5-11,7-13)18-8-15-4-14-9-20-10-16(14)19-15/h9-13,18H,1-8H2. The first-order chi connectivity index (χ1) is 9.78. The summed E-state index contributed by atoms with van der Waals surface area (Å²) in [5, 5.41) is 8.41. The molecule has 106 valence electrons. The highest BCUT2D eigenvalue weighted by Crippen LogP contribution is 2.55. The van der Waals surface area contributed by atoms with Gasteiger partial charge in [-0.25, -0.2) is 0 Å². The van der Waals surface area contributed by atoms with Crippen LogP contribution in [0.4, 0.5) is 5.69 Å². The number of nitrogens with one attached hydrogen (secondary N) is 1. The van der Waals surface area contributed by atoms with Crippen LogP contribution in [0.3, 0.4) is 0 Å². The summed E-state index contributed by atoms with van der Waals surface area (Å²) in [4.78, 5) is 4.79. The summed E-state index contributed by atoms with van der Waals surface area (Å²) in [6.07, 6.45) is 9.98. The zero-order valence-corrected chi connectivity index (χ0v) is 12.7. The zero-order chi connectivity index (χ0) is 13.2. The van der Waals surface area contributed by atoms with Gasteiger partial charge in [0.2, 0.25) is 0 Å². The van der Waals surface area contributed by atoms with E-state index in [2.05, 4.69) is 16.1 Å². The number of rotatable bonds is 3. The number of hydrogen-bond donors (Lipinski definition) is 1. The van der Waals surface area contributed by atoms with Crippen LogP contribution in [0.1, 0.15) is 44.1 Å². The molecule has 4 fully saturated rings. The number of nitrogens with zero attached hydrogens (tertiary/aromatic N) is 1. The molecule has 0 radical (unpaired) electrons. The largest absolute Gasteiger partial charge is 0.306 e. The molecule has 6 rings (SSSR count). The van der Waals surface area contributed by atoms with Gasteiger partial charge in [-0.05, 0) is 67.2 Å². The van der Waals surface area contributed by atoms with Gasteiger partial charge >= 0.3 is 0 Å². The Kier molecular flexibility index (Phi) is 2.49. The molecule has 0 unspecified atom stereocenters. The van der Waals surface area contributed by atoms with E-state index in [-0.39, 0.29) is 0 Å². The van der Waals surface area contributed by atoms with Crippen molar-refractivity contribution in [1.29, 1.82) is 0 Å². The lowest BCUT2D eigenvalue weighted by Gasteiger charge is -2.57. The smallest absolute Gasteiger partial charge is 0.0772 e. The Morgan fingerprint density at radius 3 is 2.45 bits per heavy atom. The molecule has 2 nitrogen and oxygen atoms in total. The van der Waals surface area contributed by atoms with Crippen LogP contribution in [0.5, 0.6) is 0 Å². The molecule has 3 heteroatoms. The maximum absolute atomic E-state index is 4.79. The van der Waals surface area contributed by atoms with Crippen molar-refractivity contribution in [3.63, 3.8) is 0 Å². The maximum Gasteiger partial charge on any atom is 0.0772 e. The van der Waals surface area contributed by atoms with Gasteiger partial charge in [-0.2, -0.15) is 0 Å². The van der Waals surface area contributed by atoms with Crippen LogP contribution in [0.2, 0.25) is 0 Å². The van der Waals surface area contributed by atoms with Crippen molar-refractivity contribution in [2.24, 2.45) is 22.7 Å². The quantitative estimate of drug-likeness (QED) is 0.894. The van der Waals surface area contributed by atoms with Gasteiger partial charge in [0, 0.05) is 29.6 Å². The van der Waals surface area contributed by atoms with Gasteiger partial charge in [-0.3, -0.25) is 4.99 Å². The van der Waals surface area contributed by atoms with E-state index in [1.807, 2.05) is 0 Å². The summed E-state index contributed by atoms with van der Waals surface area (Å²) in [7, 11) is 0. The van der Waals surface area contributed by atoms with Crippen LogP contribution in [0.15, 0.2) is 15.8 Å². The Morgan fingerprint density at radius 1 is 1.10 bits per heavy atom. The molecule has 0 saturated heterocycles. The molecule has 0 atom stereocenters. The van der Waals surface area contributed by atoms with Crippen molar-refractivity contribution in [1.82, 2.24) is 5.32 Å². The summed E-state index contributed by atoms with van der Waals surface area (Å²) < 4.78 is 0. The van der Waals surface area contributed by atoms with Crippen LogP contribution in [0.25, 0.3) is 0 Å². The lowest BCUT2D eigenvalue weighted by molar-refractivity contribution is -0.0173. The van der Waals surface area contributed by atoms with E-state index in [4.69, 9.17) is 4.99 Å². The Bertz CT molecular complexity index is 536. The first-order valence-corrected chi connectivity index (χ1v) is 9.09. The van der Waals surface area contributed by atoms with E-state index in [0.29, 0.717) is 5.54 Å². The van der Waals surface area contributed by atoms with Gasteiger partial charge in [0.25, 0.3) is 0 Å². The van der Waals surface area contributed by atoms with Crippen molar-refractivity contribution >= 4 is 22.7 Å². The lowest BCUT2D eigenvalue weighted by Crippen LogP contribution is -2.59. The Labute approximate surface area is 124 Å². The maximum atomic E-state index is 4.79. The number of thiophene rings is 1. The molecule has 1 aromatic heterocycles. The highest BCUT2D eigenvalue weighted by Gasteiger charge is 2.50. The van der Waals surface area contributed by atoms with E-state index >= 15 is 0 Å². The van der Waals surface area contributed by atoms with Crippen molar-refractivity contribution in [3.05, 3.63) is 16.3 Å². The minimum absolute atomic E-state index is 0.479. The Hall–Kier alpha value is -0.670. The predicted octanol–water partition coefficient (Wildman–Crippen LogP) is 3.94. The van der Waals surface area contributed by atoms with Crippen molar-refractivity contribution in [2.75, 3.05) is 6.54 Å². The molecule has 2 heterocycles. The van der Waals surface area contributed by atoms with Gasteiger partial charge in [0.1, 0.15) is 0 Å². The summed E-state index contributed by atoms with van der Waals surface area (Å²) in [5.74, 6) is 3.08. The van der Waals surface area contributed by atoms with Crippen LogP contribution >= 0.6 is 11.3 Å². The third-order valence-electron chi connectivity index (χ3n) is 6.10. The molecule has 0 aromatic carbocycles. The van der Waals surface area contributed by atoms with E-state index in [1.165, 1.54) is 55.5 Å². The molecule has 1 aliphatic heterocycles. The van der Waals surface area contributed by atoms with Gasteiger partial charge < -0.3 is 5.32 Å². The molecule has 4 bridgehead atoms. The topological polar surface area (TPSA) is 24.4 Å².